The third kappa shape index (κ3) is 15.0. The predicted molar refractivity (Wildman–Crippen MR) is 461 cm³/mol. The van der Waals surface area contributed by atoms with Gasteiger partial charge in [-0.3, -0.25) is 0 Å². The van der Waals surface area contributed by atoms with Crippen LogP contribution in [0.15, 0.2) is 146 Å². The second kappa shape index (κ2) is 34.8. The molecular weight excluding hydrogens is 2270 g/mol. The summed E-state index contributed by atoms with van der Waals surface area (Å²) >= 11 is 0. The van der Waals surface area contributed by atoms with E-state index in [-0.39, 0.29) is 201 Å². The topological polar surface area (TPSA) is 317 Å². The normalized spacial score (nSPS) is 11.9. The number of rotatable bonds is 0. The van der Waals surface area contributed by atoms with Crippen LogP contribution in [-0.4, -0.2) is 89.7 Å². The Morgan fingerprint density at radius 2 is 0.238 bits per heavy atom. The van der Waals surface area contributed by atoms with Gasteiger partial charge in [-0.25, -0.2) is 135 Å². The molecule has 3 radical (unpaired) electrons. The Kier molecular flexibility index (Phi) is 22.5. The van der Waals surface area contributed by atoms with E-state index in [9.17, 15) is 52.7 Å². The molecule has 735 valence electrons. The minimum atomic E-state index is -1.31. The van der Waals surface area contributed by atoms with Gasteiger partial charge in [0.25, 0.3) is 0 Å². The molecule has 12 aromatic carbocycles. The number of halogens is 24. The Bertz CT molecular complexity index is 9110. The van der Waals surface area contributed by atoms with Crippen molar-refractivity contribution in [3.05, 3.63) is 285 Å². The summed E-state index contributed by atoms with van der Waals surface area (Å²) in [6.07, 6.45) is 0. The van der Waals surface area contributed by atoms with Crippen LogP contribution in [0.25, 0.3) is 269 Å². The number of hydrogen-bond acceptors (Lipinski definition) is 18. The first-order valence-corrected chi connectivity index (χ1v) is 41.2. The quantitative estimate of drug-likeness (QED) is 0.101. The molecule has 21 aromatic rings. The first-order chi connectivity index (χ1) is 69.1. The zero-order valence-electron chi connectivity index (χ0n) is 70.6. The van der Waals surface area contributed by atoms with E-state index in [4.69, 9.17) is 0 Å². The van der Waals surface area contributed by atoms with E-state index in [1.807, 2.05) is 0 Å². The van der Waals surface area contributed by atoms with Gasteiger partial charge in [-0.2, -0.15) is 0 Å². The predicted octanol–water partition coefficient (Wildman–Crippen LogP) is 21.7. The van der Waals surface area contributed by atoms with Gasteiger partial charge < -0.3 is 89.7 Å². The largest absolute Gasteiger partial charge is 0.357 e. The summed E-state index contributed by atoms with van der Waals surface area (Å²) in [6, 6.07) is 18.6. The van der Waals surface area contributed by atoms with Gasteiger partial charge in [0.15, 0.2) is 69.8 Å². The molecule has 0 unspecified atom stereocenters. The van der Waals surface area contributed by atoms with Crippen LogP contribution >= 0.6 is 0 Å². The van der Waals surface area contributed by atoms with Crippen LogP contribution in [0.2, 0.25) is 0 Å². The van der Waals surface area contributed by atoms with Gasteiger partial charge in [-0.1, -0.05) is 0 Å². The zero-order chi connectivity index (χ0) is 99.5. The number of nitrogens with zero attached hydrogens (tertiary/aromatic N) is 24. The second-order valence-corrected chi connectivity index (χ2v) is 32.0. The Morgan fingerprint density at radius 3 is 0.395 bits per heavy atom. The molecule has 0 fully saturated rings. The summed E-state index contributed by atoms with van der Waals surface area (Å²) < 4.78 is 358. The van der Waals surface area contributed by atoms with Gasteiger partial charge in [0.05, 0.1) is 114 Å². The van der Waals surface area contributed by atoms with Crippen molar-refractivity contribution in [1.29, 1.82) is 0 Å². The van der Waals surface area contributed by atoms with Gasteiger partial charge in [0.2, 0.25) is 0 Å². The van der Waals surface area contributed by atoms with E-state index in [0.717, 1.165) is 146 Å². The van der Waals surface area contributed by atoms with E-state index in [1.165, 1.54) is 0 Å². The van der Waals surface area contributed by atoms with Crippen molar-refractivity contribution < 1.29 is 173 Å². The molecule has 0 atom stereocenters. The molecule has 24 nitrogen and oxygen atoms in total. The molecule has 24 bridgehead atoms. The van der Waals surface area contributed by atoms with Crippen LogP contribution in [0.5, 0.6) is 0 Å². The average Bonchev–Trinajstić information content (AvgIpc) is 1.64. The van der Waals surface area contributed by atoms with E-state index in [0.29, 0.717) is 0 Å². The van der Waals surface area contributed by atoms with Crippen molar-refractivity contribution >= 4 is 132 Å². The van der Waals surface area contributed by atoms with E-state index < -0.39 is 275 Å². The van der Waals surface area contributed by atoms with Gasteiger partial charge in [0.1, 0.15) is 69.8 Å². The first-order valence-electron chi connectivity index (χ1n) is 41.2. The van der Waals surface area contributed by atoms with E-state index >= 15 is 52.7 Å². The first kappa shape index (κ1) is 95.1. The van der Waals surface area contributed by atoms with E-state index in [1.54, 1.807) is 0 Å². The Hall–Kier alpha value is -16.7. The fraction of sp³-hybridized carbons (Fsp3) is 0. The Labute approximate surface area is 840 Å². The summed E-state index contributed by atoms with van der Waals surface area (Å²) in [4.78, 5) is 101. The van der Waals surface area contributed by atoms with Crippen LogP contribution in [-0.2, 0) is 67.1 Å². The monoisotopic (exact) mass is 2290 g/mol. The van der Waals surface area contributed by atoms with Gasteiger partial charge in [-0.15, -0.1) is 0 Å². The van der Waals surface area contributed by atoms with E-state index in [2.05, 4.69) is 120 Å². The molecule has 15 heterocycles. The fourth-order valence-corrected chi connectivity index (χ4v) is 17.2. The number of fused-ring (bicyclic) bond motifs is 60. The standard InChI is InChI=1S/3C32H8F8N8.3Ag/c33-17-1-9-10(2-18(17)34)26-41-25(9)45-27-11-3-19(35)20(36)4-12(11)29(42-27)47-31-15-7-23(39)24(40)8-16(15)32(44-31)48-30-14-6-22(38)21(37)5-13(14)28(43-30)46-26;33-13-1-2-14(34)22-21(13)29-43-25-9-5-17(37)18(38)6-10(9)27(41-25)45-31-23-15(35)3-4-16(36)24(23)32(48-31)46-28-12-8-20(40)19(39)7-11(12)26(42-28)44-30(22)47-29;33-9-1-2-10(34)18-17(9)25-41-26(18)46-28-21-13(37)5-6-14(38)22(21)30(43-28)48-32-24-16(40)8-7-15(39)23(24)31(44-32)47-29-20-12(36)4-3-11(35)19(20)27(42-29)45-25;;;/h3*1-8H;;;/q3*-2;;;. The van der Waals surface area contributed by atoms with Gasteiger partial charge >= 0.3 is 0 Å². The molecule has 0 amide bonds. The Morgan fingerprint density at radius 1 is 0.122 bits per heavy atom. The maximum Gasteiger partial charge on any atom is 0.159 e. The molecule has 9 aromatic heterocycles. The molecule has 0 spiro atoms. The molecule has 0 aliphatic carbocycles. The minimum Gasteiger partial charge on any atom is -0.357 e. The van der Waals surface area contributed by atoms with Gasteiger partial charge in [0, 0.05) is 179 Å². The summed E-state index contributed by atoms with van der Waals surface area (Å²) in [6.45, 7) is 0. The van der Waals surface area contributed by atoms with Crippen molar-refractivity contribution in [2.75, 3.05) is 0 Å². The maximum atomic E-state index is 15.3. The Balaban J connectivity index is 0.000000124. The van der Waals surface area contributed by atoms with Crippen molar-refractivity contribution in [3.8, 4) is 137 Å². The van der Waals surface area contributed by atoms with Crippen LogP contribution in [0, 0.1) is 140 Å². The molecule has 27 rings (SSSR count). The van der Waals surface area contributed by atoms with Gasteiger partial charge in [-0.05, 0) is 189 Å². The smallest absolute Gasteiger partial charge is 0.159 e. The molecule has 51 heteroatoms. The van der Waals surface area contributed by atoms with Crippen LogP contribution < -0.4 is 29.9 Å². The van der Waals surface area contributed by atoms with Crippen LogP contribution in [0.1, 0.15) is 0 Å². The zero-order valence-corrected chi connectivity index (χ0v) is 75.0. The fourth-order valence-electron chi connectivity index (χ4n) is 17.2. The third-order valence-electron chi connectivity index (χ3n) is 23.6. The molecule has 6 aliphatic heterocycles. The van der Waals surface area contributed by atoms with Crippen molar-refractivity contribution in [3.63, 3.8) is 0 Å². The maximum absolute atomic E-state index is 15.3. The second-order valence-electron chi connectivity index (χ2n) is 32.0. The summed E-state index contributed by atoms with van der Waals surface area (Å²) in [7, 11) is 0. The summed E-state index contributed by atoms with van der Waals surface area (Å²) in [5.74, 6) is -33.2. The average molecular weight is 2290 g/mol. The SMILES string of the molecule is Fc1cc2c(cc1F)-c1nc-2nc2[n-]c(nc3nc(nc4[n-]c(n1)c1cc(F)c(F)cc41)-c1cc(F)c(F)cc1-3)c1cc(F)c(F)cc21.Fc1cc2c3nc4nc(nc5[n-]c(nc6nc(nc([n-]3)c2cc1F)-c1c(F)ccc(F)c1-6)c1cc(F)c(F)cc51)-c1c(F)ccc(F)c1-4.Fc1ccc(F)c2c1-c1nc-2nc2[n-]c(nc3nc(nc4[n-]c(n1)c1c(F)ccc(F)c41)-c1c(F)ccc(F)c1-3)c1c(F)ccc(F)c21.[Ag].[Ag].[Ag]. The molecule has 0 saturated heterocycles. The summed E-state index contributed by atoms with van der Waals surface area (Å²) in [5, 5.41) is -3.11. The number of benzene rings is 12. The van der Waals surface area contributed by atoms with Crippen molar-refractivity contribution in [1.82, 2.24) is 120 Å². The molecule has 0 saturated carbocycles. The molecule has 147 heavy (non-hydrogen) atoms. The minimum absolute atomic E-state index is 0. The molecule has 6 aliphatic rings. The third-order valence-corrected chi connectivity index (χ3v) is 23.6. The number of hydrogen-bond donors (Lipinski definition) is 0. The van der Waals surface area contributed by atoms with Crippen LogP contribution in [0.4, 0.5) is 105 Å². The van der Waals surface area contributed by atoms with Crippen molar-refractivity contribution in [2.24, 2.45) is 0 Å². The molecule has 0 N–H and O–H groups in total. The molecular formula is C96H24Ag3F24N24-6. The van der Waals surface area contributed by atoms with Crippen LogP contribution in [0.3, 0.4) is 0 Å². The summed E-state index contributed by atoms with van der Waals surface area (Å²) in [5.41, 5.74) is -9.41. The number of aromatic nitrogens is 24. The van der Waals surface area contributed by atoms with Crippen molar-refractivity contribution in [2.45, 2.75) is 0 Å².